The minimum Gasteiger partial charge on any atom is -0.497 e. The van der Waals surface area contributed by atoms with E-state index in [9.17, 15) is 14.4 Å². The fourth-order valence-corrected chi connectivity index (χ4v) is 2.53. The first-order valence-electron chi connectivity index (χ1n) is 5.33. The van der Waals surface area contributed by atoms with Crippen molar-refractivity contribution in [2.45, 2.75) is 5.15 Å². The second kappa shape index (κ2) is 5.41. The standard InChI is InChI=1S/C10H11BNO5S/c1-12-4-9(14)16-11(17-10(15)5-12)8-3-2-7(6-13)18-8/h2-3,6,8H,4-5H2,1H3. The first-order valence-corrected chi connectivity index (χ1v) is 6.21. The van der Waals surface area contributed by atoms with Gasteiger partial charge in [0.25, 0.3) is 0 Å². The summed E-state index contributed by atoms with van der Waals surface area (Å²) in [7, 11) is 0.656. The Morgan fingerprint density at radius 3 is 2.50 bits per heavy atom. The average Bonchev–Trinajstić information content (AvgIpc) is 2.74. The van der Waals surface area contributed by atoms with Gasteiger partial charge in [-0.1, -0.05) is 6.08 Å². The molecule has 2 aliphatic heterocycles. The molecule has 0 N–H and O–H groups in total. The molecule has 2 rings (SSSR count). The number of aldehydes is 1. The van der Waals surface area contributed by atoms with Crippen molar-refractivity contribution in [2.24, 2.45) is 0 Å². The van der Waals surface area contributed by atoms with Gasteiger partial charge in [-0.05, 0) is 13.1 Å². The number of likely N-dealkylation sites (N-methyl/N-ethyl adjacent to an activating group) is 1. The van der Waals surface area contributed by atoms with Gasteiger partial charge in [-0.15, -0.1) is 0 Å². The van der Waals surface area contributed by atoms with Crippen LogP contribution in [0.5, 0.6) is 0 Å². The van der Waals surface area contributed by atoms with Gasteiger partial charge in [0.1, 0.15) is 5.15 Å². The summed E-state index contributed by atoms with van der Waals surface area (Å²) in [6.07, 6.45) is 4.02. The summed E-state index contributed by atoms with van der Waals surface area (Å²) in [4.78, 5) is 35.6. The summed E-state index contributed by atoms with van der Waals surface area (Å²) < 4.78 is 10.2. The van der Waals surface area contributed by atoms with Crippen molar-refractivity contribution in [1.29, 1.82) is 0 Å². The highest BCUT2D eigenvalue weighted by molar-refractivity contribution is 8.02. The third kappa shape index (κ3) is 3.02. The summed E-state index contributed by atoms with van der Waals surface area (Å²) >= 11 is 1.21. The fourth-order valence-electron chi connectivity index (χ4n) is 1.63. The van der Waals surface area contributed by atoms with Gasteiger partial charge in [0.05, 0.1) is 18.0 Å². The lowest BCUT2D eigenvalue weighted by molar-refractivity contribution is -0.145. The Balaban J connectivity index is 2.10. The lowest BCUT2D eigenvalue weighted by atomic mass is 9.83. The van der Waals surface area contributed by atoms with Gasteiger partial charge in [-0.25, -0.2) is 0 Å². The second-order valence-corrected chi connectivity index (χ2v) is 5.23. The molecule has 95 valence electrons. The van der Waals surface area contributed by atoms with Gasteiger partial charge in [-0.2, -0.15) is 11.4 Å². The first kappa shape index (κ1) is 12.9. The van der Waals surface area contributed by atoms with E-state index in [1.54, 1.807) is 19.2 Å². The Morgan fingerprint density at radius 1 is 1.39 bits per heavy atom. The number of carbonyl (C=O) groups excluding carboxylic acids is 3. The van der Waals surface area contributed by atoms with Crippen molar-refractivity contribution < 1.29 is 23.7 Å². The number of carbonyl (C=O) groups is 3. The molecule has 0 amide bonds. The fraction of sp³-hybridized carbons (Fsp3) is 0.400. The molecule has 1 radical (unpaired) electrons. The Labute approximate surface area is 108 Å². The summed E-state index contributed by atoms with van der Waals surface area (Å²) in [5.41, 5.74) is 0. The highest BCUT2D eigenvalue weighted by Crippen LogP contribution is 2.18. The molecular formula is C10H11BNO5S. The van der Waals surface area contributed by atoms with E-state index in [0.717, 1.165) is 0 Å². The smallest absolute Gasteiger partial charge is 0.497 e. The monoisotopic (exact) mass is 268 g/mol. The lowest BCUT2D eigenvalue weighted by Gasteiger charge is -2.23. The van der Waals surface area contributed by atoms with Crippen molar-refractivity contribution in [3.05, 3.63) is 12.2 Å². The Morgan fingerprint density at radius 2 is 2.00 bits per heavy atom. The Hall–Kier alpha value is -1.54. The molecule has 0 aliphatic carbocycles. The van der Waals surface area contributed by atoms with E-state index in [2.05, 4.69) is 0 Å². The lowest BCUT2D eigenvalue weighted by Crippen LogP contribution is -2.46. The third-order valence-corrected chi connectivity index (χ3v) is 3.56. The van der Waals surface area contributed by atoms with Crippen LogP contribution < -0.4 is 0 Å². The maximum atomic E-state index is 11.5. The van der Waals surface area contributed by atoms with Gasteiger partial charge >= 0.3 is 19.1 Å². The maximum absolute atomic E-state index is 11.5. The van der Waals surface area contributed by atoms with Crippen LogP contribution in [0.4, 0.5) is 0 Å². The SMILES string of the molecule is CN1CC(=O)OB(C2C=CC(C=O)=[S]2)OC(=O)C1. The normalized spacial score (nSPS) is 25.1. The van der Waals surface area contributed by atoms with Gasteiger partial charge in [-0.3, -0.25) is 19.3 Å². The number of nitrogens with zero attached hydrogens (tertiary/aromatic N) is 1. The van der Waals surface area contributed by atoms with Gasteiger partial charge in [0, 0.05) is 0 Å². The largest absolute Gasteiger partial charge is 0.620 e. The predicted molar refractivity (Wildman–Crippen MR) is 67.0 cm³/mol. The molecule has 2 aliphatic rings. The van der Waals surface area contributed by atoms with Crippen LogP contribution in [0.15, 0.2) is 12.2 Å². The zero-order chi connectivity index (χ0) is 13.1. The Kier molecular flexibility index (Phi) is 3.88. The zero-order valence-electron chi connectivity index (χ0n) is 9.70. The van der Waals surface area contributed by atoms with E-state index in [-0.39, 0.29) is 18.2 Å². The second-order valence-electron chi connectivity index (χ2n) is 3.98. The summed E-state index contributed by atoms with van der Waals surface area (Å²) in [5.74, 6) is -0.910. The molecule has 18 heavy (non-hydrogen) atoms. The van der Waals surface area contributed by atoms with E-state index in [1.807, 2.05) is 0 Å². The van der Waals surface area contributed by atoms with Gasteiger partial charge < -0.3 is 9.31 Å². The van der Waals surface area contributed by atoms with Crippen molar-refractivity contribution in [3.63, 3.8) is 0 Å². The van der Waals surface area contributed by atoms with Gasteiger partial charge in [0.2, 0.25) is 0 Å². The van der Waals surface area contributed by atoms with Crippen molar-refractivity contribution in [2.75, 3.05) is 20.1 Å². The molecule has 1 atom stereocenters. The highest BCUT2D eigenvalue weighted by atomic mass is 32.1. The molecule has 0 aromatic carbocycles. The van der Waals surface area contributed by atoms with Crippen LogP contribution in [-0.4, -0.2) is 60.4 Å². The van der Waals surface area contributed by atoms with Crippen LogP contribution in [-0.2, 0) is 23.7 Å². The summed E-state index contributed by atoms with van der Waals surface area (Å²) in [6.45, 7) is 0.0773. The number of rotatable bonds is 2. The van der Waals surface area contributed by atoms with Crippen LogP contribution in [0.25, 0.3) is 0 Å². The van der Waals surface area contributed by atoms with Gasteiger partial charge in [0.15, 0.2) is 6.29 Å². The molecule has 1 fully saturated rings. The third-order valence-electron chi connectivity index (χ3n) is 2.40. The molecule has 0 spiro atoms. The molecule has 0 aromatic rings. The molecule has 0 bridgehead atoms. The molecule has 2 heterocycles. The van der Waals surface area contributed by atoms with Crippen LogP contribution in [0, 0.1) is 0 Å². The summed E-state index contributed by atoms with van der Waals surface area (Å²) in [6, 6.07) is 0. The van der Waals surface area contributed by atoms with E-state index in [1.165, 1.54) is 16.3 Å². The first-order chi connectivity index (χ1) is 8.58. The highest BCUT2D eigenvalue weighted by Gasteiger charge is 2.39. The molecule has 6 nitrogen and oxygen atoms in total. The van der Waals surface area contributed by atoms with Crippen LogP contribution >= 0.6 is 11.4 Å². The number of hydrogen-bond donors (Lipinski definition) is 0. The molecule has 0 aromatic heterocycles. The van der Waals surface area contributed by atoms with E-state index >= 15 is 0 Å². The quantitative estimate of drug-likeness (QED) is 0.367. The topological polar surface area (TPSA) is 72.9 Å². The van der Waals surface area contributed by atoms with E-state index < -0.39 is 19.1 Å². The molecule has 1 unspecified atom stereocenters. The van der Waals surface area contributed by atoms with Crippen LogP contribution in [0.2, 0.25) is 0 Å². The van der Waals surface area contributed by atoms with Crippen molar-refractivity contribution >= 4 is 41.6 Å². The van der Waals surface area contributed by atoms with Crippen LogP contribution in [0.1, 0.15) is 0 Å². The number of hydrogen-bond acceptors (Lipinski definition) is 6. The van der Waals surface area contributed by atoms with E-state index in [0.29, 0.717) is 11.2 Å². The van der Waals surface area contributed by atoms with Crippen molar-refractivity contribution in [1.82, 2.24) is 4.90 Å². The molecule has 0 saturated carbocycles. The zero-order valence-corrected chi connectivity index (χ0v) is 10.5. The Bertz CT molecular complexity index is 430. The summed E-state index contributed by atoms with van der Waals surface area (Å²) in [5, 5.41) is -0.360. The molecule has 1 saturated heterocycles. The minimum atomic E-state index is -0.975. The molecular weight excluding hydrogens is 257 g/mol. The molecule has 8 heteroatoms. The minimum absolute atomic E-state index is 0.0386. The van der Waals surface area contributed by atoms with Crippen LogP contribution in [0.3, 0.4) is 0 Å². The predicted octanol–water partition coefficient (Wildman–Crippen LogP) is -0.911. The number of allylic oxidation sites excluding steroid dienone is 1. The van der Waals surface area contributed by atoms with Crippen molar-refractivity contribution in [3.8, 4) is 0 Å². The maximum Gasteiger partial charge on any atom is 0.620 e. The average molecular weight is 268 g/mol. The van der Waals surface area contributed by atoms with E-state index in [4.69, 9.17) is 9.31 Å².